The van der Waals surface area contributed by atoms with Crippen LogP contribution in [0.4, 0.5) is 0 Å². The first-order valence-electron chi connectivity index (χ1n) is 2.37. The Morgan fingerprint density at radius 2 is 0.529 bits per heavy atom. The van der Waals surface area contributed by atoms with Gasteiger partial charge in [-0.1, -0.05) is 25.3 Å². The molecule has 0 atom stereocenters. The van der Waals surface area contributed by atoms with Crippen LogP contribution in [0, 0.1) is 0 Å². The Morgan fingerprint density at radius 3 is 0.529 bits per heavy atom. The van der Waals surface area contributed by atoms with Gasteiger partial charge >= 0.3 is 0 Å². The second-order valence-corrected chi connectivity index (χ2v) is 0.471. The van der Waals surface area contributed by atoms with E-state index in [1.54, 1.807) is 12.2 Å². The molecule has 0 aromatic carbocycles. The topological polar surface area (TPSA) is 102 Å². The third-order valence-electron chi connectivity index (χ3n) is 0.167. The van der Waals surface area contributed by atoms with Crippen LogP contribution in [0.1, 0.15) is 0 Å². The molecule has 0 aromatic heterocycles. The third-order valence-corrected chi connectivity index (χ3v) is 0.167. The van der Waals surface area contributed by atoms with E-state index in [0.717, 1.165) is 0 Å². The average Bonchev–Trinajstić information content (AvgIpc) is 2.51. The molecular formula is C10H6CoO6. The molecule has 17 heavy (non-hydrogen) atoms. The van der Waals surface area contributed by atoms with Crippen LogP contribution in [0.15, 0.2) is 25.3 Å². The third kappa shape index (κ3) is 2050. The summed E-state index contributed by atoms with van der Waals surface area (Å²) in [7, 11) is 0. The van der Waals surface area contributed by atoms with Crippen LogP contribution < -0.4 is 0 Å². The number of hydrogen-bond donors (Lipinski definition) is 0. The molecular weight excluding hydrogens is 275 g/mol. The van der Waals surface area contributed by atoms with E-state index in [4.69, 9.17) is 28.8 Å². The van der Waals surface area contributed by atoms with E-state index >= 15 is 0 Å². The smallest absolute Gasteiger partial charge is 0.281 e. The first-order chi connectivity index (χ1) is 7.91. The number of carbonyl (C=O) groups excluding carboxylic acids is 6. The van der Waals surface area contributed by atoms with Gasteiger partial charge in [0.25, 0.3) is 40.7 Å². The van der Waals surface area contributed by atoms with Crippen LogP contribution in [0.5, 0.6) is 0 Å². The van der Waals surface area contributed by atoms with Crippen molar-refractivity contribution in [1.82, 2.24) is 0 Å². The maximum Gasteiger partial charge on any atom is 0.281 e. The van der Waals surface area contributed by atoms with E-state index < -0.39 is 0 Å². The molecule has 0 aliphatic rings. The summed E-state index contributed by atoms with van der Waals surface area (Å²) in [5, 5.41) is 0. The molecule has 0 aliphatic heterocycles. The molecule has 0 amide bonds. The van der Waals surface area contributed by atoms with E-state index in [-0.39, 0.29) is 16.8 Å². The summed E-state index contributed by atoms with van der Waals surface area (Å²) in [4.78, 5) is 45.0. The van der Waals surface area contributed by atoms with Gasteiger partial charge in [0.1, 0.15) is 0 Å². The van der Waals surface area contributed by atoms with Crippen molar-refractivity contribution in [3.63, 3.8) is 0 Å². The summed E-state index contributed by atoms with van der Waals surface area (Å²) in [6.07, 6.45) is 3.28. The number of rotatable bonds is 1. The molecule has 91 valence electrons. The van der Waals surface area contributed by atoms with Crippen molar-refractivity contribution >= 4 is 40.7 Å². The molecule has 0 saturated carbocycles. The predicted molar refractivity (Wildman–Crippen MR) is 54.6 cm³/mol. The molecule has 0 N–H and O–H groups in total. The SMILES string of the molecule is C=CC=C.[C]=O.[C]=O.[C]=O.[C]=O.[C]=O.[C]=O.[Co]. The summed E-state index contributed by atoms with van der Waals surface area (Å²) in [6.45, 7) is 33.7. The van der Waals surface area contributed by atoms with E-state index in [9.17, 15) is 0 Å². The van der Waals surface area contributed by atoms with Gasteiger partial charge in [-0.25, -0.2) is 0 Å². The molecule has 0 saturated heterocycles. The molecule has 0 aromatic rings. The maximum absolute atomic E-state index is 7.50. The molecule has 0 rings (SSSR count). The van der Waals surface area contributed by atoms with Gasteiger partial charge in [0, 0.05) is 16.8 Å². The standard InChI is InChI=1S/C4H6.6CO.Co/c1-3-4-2;6*1-2;/h3-4H,1-2H2;;;;;;;. The van der Waals surface area contributed by atoms with Crippen molar-refractivity contribution < 1.29 is 45.5 Å². The van der Waals surface area contributed by atoms with Gasteiger partial charge in [-0.2, -0.15) is 0 Å². The molecule has 13 radical (unpaired) electrons. The van der Waals surface area contributed by atoms with Gasteiger partial charge in [-0.15, -0.1) is 0 Å². The Bertz CT molecular complexity index is 81.3. The summed E-state index contributed by atoms with van der Waals surface area (Å²) in [5.41, 5.74) is 0. The number of hydrogen-bond acceptors (Lipinski definition) is 6. The average molecular weight is 281 g/mol. The monoisotopic (exact) mass is 281 g/mol. The minimum Gasteiger partial charge on any atom is -0.281 e. The molecule has 0 unspecified atom stereocenters. The largest absolute Gasteiger partial charge is 0.281 e. The summed E-state index contributed by atoms with van der Waals surface area (Å²) >= 11 is 0. The van der Waals surface area contributed by atoms with E-state index in [0.29, 0.717) is 0 Å². The first kappa shape index (κ1) is 60.0. The summed E-state index contributed by atoms with van der Waals surface area (Å²) in [6, 6.07) is 0. The van der Waals surface area contributed by atoms with Crippen molar-refractivity contribution in [1.29, 1.82) is 0 Å². The molecule has 0 spiro atoms. The van der Waals surface area contributed by atoms with Crippen LogP contribution in [-0.4, -0.2) is 40.7 Å². The van der Waals surface area contributed by atoms with Crippen molar-refractivity contribution in [2.45, 2.75) is 0 Å². The molecule has 0 aliphatic carbocycles. The fraction of sp³-hybridized carbons (Fsp3) is 0. The van der Waals surface area contributed by atoms with Crippen molar-refractivity contribution in [2.24, 2.45) is 0 Å². The first-order valence-corrected chi connectivity index (χ1v) is 2.37. The van der Waals surface area contributed by atoms with Gasteiger partial charge in [0.15, 0.2) is 0 Å². The summed E-state index contributed by atoms with van der Waals surface area (Å²) in [5.74, 6) is 0. The van der Waals surface area contributed by atoms with Crippen LogP contribution in [0.2, 0.25) is 0 Å². The fourth-order valence-corrected chi connectivity index (χ4v) is 0. The van der Waals surface area contributed by atoms with Gasteiger partial charge in [0.2, 0.25) is 0 Å². The zero-order chi connectivity index (χ0) is 15.4. The Morgan fingerprint density at radius 1 is 0.471 bits per heavy atom. The molecule has 6 nitrogen and oxygen atoms in total. The molecule has 0 heterocycles. The Balaban J connectivity index is -0.00000000946. The Kier molecular flexibility index (Phi) is 198000000. The molecule has 0 fully saturated rings. The van der Waals surface area contributed by atoms with Crippen LogP contribution >= 0.6 is 0 Å². The van der Waals surface area contributed by atoms with Gasteiger partial charge in [-0.3, -0.25) is 28.8 Å². The minimum absolute atomic E-state index is 0. The molecule has 0 bridgehead atoms. The fourth-order valence-electron chi connectivity index (χ4n) is 0. The van der Waals surface area contributed by atoms with Crippen LogP contribution in [0.25, 0.3) is 0 Å². The van der Waals surface area contributed by atoms with Gasteiger partial charge in [0.05, 0.1) is 0 Å². The van der Waals surface area contributed by atoms with E-state index in [2.05, 4.69) is 53.9 Å². The van der Waals surface area contributed by atoms with Crippen LogP contribution in [0.3, 0.4) is 0 Å². The normalized spacial score (nSPS) is 2.59. The second-order valence-electron chi connectivity index (χ2n) is 0.471. The van der Waals surface area contributed by atoms with E-state index in [1.165, 1.54) is 0 Å². The van der Waals surface area contributed by atoms with Crippen LogP contribution in [-0.2, 0) is 45.5 Å². The van der Waals surface area contributed by atoms with Crippen molar-refractivity contribution in [3.8, 4) is 0 Å². The Labute approximate surface area is 112 Å². The Hall–Kier alpha value is -1.99. The van der Waals surface area contributed by atoms with E-state index in [1.807, 2.05) is 0 Å². The zero-order valence-corrected chi connectivity index (χ0v) is 9.39. The summed E-state index contributed by atoms with van der Waals surface area (Å²) < 4.78 is 0. The zero-order valence-electron chi connectivity index (χ0n) is 8.35. The quantitative estimate of drug-likeness (QED) is 0.569. The number of allylic oxidation sites excluding steroid dienone is 2. The maximum atomic E-state index is 7.50. The van der Waals surface area contributed by atoms with Crippen molar-refractivity contribution in [3.05, 3.63) is 25.3 Å². The van der Waals surface area contributed by atoms with Crippen molar-refractivity contribution in [2.75, 3.05) is 0 Å². The second kappa shape index (κ2) is 56200000. The van der Waals surface area contributed by atoms with Gasteiger partial charge in [-0.05, 0) is 0 Å². The minimum atomic E-state index is 0. The predicted octanol–water partition coefficient (Wildman–Crippen LogP) is -1.03. The van der Waals surface area contributed by atoms with Gasteiger partial charge < -0.3 is 0 Å². The molecule has 7 heteroatoms.